The van der Waals surface area contributed by atoms with Gasteiger partial charge in [0.05, 0.1) is 18.1 Å². The van der Waals surface area contributed by atoms with Crippen LogP contribution in [-0.4, -0.2) is 18.8 Å². The van der Waals surface area contributed by atoms with Crippen LogP contribution in [0.5, 0.6) is 0 Å². The smallest absolute Gasteiger partial charge is 0.132 e. The maximum absolute atomic E-state index is 10.5. The lowest BCUT2D eigenvalue weighted by Crippen LogP contribution is -2.07. The molecule has 0 aliphatic heterocycles. The lowest BCUT2D eigenvalue weighted by atomic mass is 9.97. The maximum atomic E-state index is 10.5. The fraction of sp³-hybridized carbons (Fsp3) is 0.300. The van der Waals surface area contributed by atoms with Gasteiger partial charge in [0.25, 0.3) is 0 Å². The van der Waals surface area contributed by atoms with Gasteiger partial charge >= 0.3 is 0 Å². The van der Waals surface area contributed by atoms with E-state index in [4.69, 9.17) is 4.74 Å². The molecule has 0 heterocycles. The minimum atomic E-state index is -0.471. The van der Waals surface area contributed by atoms with Gasteiger partial charge in [-0.3, -0.25) is 0 Å². The highest BCUT2D eigenvalue weighted by molar-refractivity contribution is 5.74. The Morgan fingerprint density at radius 3 is 3.00 bits per heavy atom. The summed E-state index contributed by atoms with van der Waals surface area (Å²) in [5.41, 5.74) is 0.320. The molecule has 0 amide bonds. The normalized spacial score (nSPS) is 20.5. The molecule has 0 fully saturated rings. The van der Waals surface area contributed by atoms with Gasteiger partial charge in [-0.1, -0.05) is 6.08 Å². The van der Waals surface area contributed by atoms with Gasteiger partial charge in [-0.05, 0) is 19.1 Å². The van der Waals surface area contributed by atoms with Crippen LogP contribution < -0.4 is 0 Å². The fourth-order valence-corrected chi connectivity index (χ4v) is 1.07. The Bertz CT molecular complexity index is 306. The number of aldehydes is 1. The molecule has 68 valence electrons. The average molecular weight is 178 g/mol. The van der Waals surface area contributed by atoms with Crippen molar-refractivity contribution in [2.45, 2.75) is 6.92 Å². The number of allylic oxidation sites excluding steroid dienone is 4. The molecule has 13 heavy (non-hydrogen) atoms. The third-order valence-corrected chi connectivity index (χ3v) is 1.70. The zero-order chi connectivity index (χ0) is 9.68. The van der Waals surface area contributed by atoms with Gasteiger partial charge in [0.2, 0.25) is 0 Å². The van der Waals surface area contributed by atoms with E-state index < -0.39 is 5.92 Å². The first-order valence-electron chi connectivity index (χ1n) is 4.04. The van der Waals surface area contributed by atoms with Crippen LogP contribution in [0.25, 0.3) is 0 Å². The summed E-state index contributed by atoms with van der Waals surface area (Å²) in [6, 6.07) is 0. The molecular weight excluding hydrogens is 168 g/mol. The molecule has 0 saturated carbocycles. The number of carbonyl (C=O) groups excluding carboxylic acids is 2. The molecule has 1 aliphatic rings. The summed E-state index contributed by atoms with van der Waals surface area (Å²) in [5.74, 6) is 1.85. The summed E-state index contributed by atoms with van der Waals surface area (Å²) in [6.45, 7) is 2.39. The molecule has 0 aromatic carbocycles. The SMILES string of the molecule is CCOC1=CC(=C=O)C(C=O)C=C1. The van der Waals surface area contributed by atoms with Crippen LogP contribution in [0, 0.1) is 5.92 Å². The van der Waals surface area contributed by atoms with Gasteiger partial charge in [0, 0.05) is 0 Å². The maximum Gasteiger partial charge on any atom is 0.132 e. The zero-order valence-corrected chi connectivity index (χ0v) is 7.32. The number of carbonyl (C=O) groups is 1. The third-order valence-electron chi connectivity index (χ3n) is 1.70. The molecule has 1 atom stereocenters. The quantitative estimate of drug-likeness (QED) is 0.479. The third kappa shape index (κ3) is 2.17. The topological polar surface area (TPSA) is 43.4 Å². The number of hydrogen-bond donors (Lipinski definition) is 0. The van der Waals surface area contributed by atoms with Gasteiger partial charge in [0.1, 0.15) is 18.0 Å². The fourth-order valence-electron chi connectivity index (χ4n) is 1.07. The van der Waals surface area contributed by atoms with Crippen molar-refractivity contribution in [3.05, 3.63) is 29.6 Å². The predicted octanol–water partition coefficient (Wildman–Crippen LogP) is 1.05. The monoisotopic (exact) mass is 178 g/mol. The lowest BCUT2D eigenvalue weighted by Gasteiger charge is -2.11. The summed E-state index contributed by atoms with van der Waals surface area (Å²) < 4.78 is 5.17. The standard InChI is InChI=1S/C10H10O3/c1-2-13-10-4-3-8(6-11)9(5-10)7-12/h3-6,8H,2H2,1H3. The summed E-state index contributed by atoms with van der Waals surface area (Å²) in [6.07, 6.45) is 5.55. The van der Waals surface area contributed by atoms with Crippen molar-refractivity contribution in [2.75, 3.05) is 6.61 Å². The van der Waals surface area contributed by atoms with Crippen LogP contribution in [0.15, 0.2) is 29.6 Å². The number of hydrogen-bond acceptors (Lipinski definition) is 3. The highest BCUT2D eigenvalue weighted by Gasteiger charge is 2.14. The summed E-state index contributed by atoms with van der Waals surface area (Å²) >= 11 is 0. The molecule has 0 bridgehead atoms. The summed E-state index contributed by atoms with van der Waals surface area (Å²) in [4.78, 5) is 20.9. The molecule has 1 aliphatic carbocycles. The number of rotatable bonds is 3. The van der Waals surface area contributed by atoms with E-state index in [2.05, 4.69) is 0 Å². The van der Waals surface area contributed by atoms with E-state index in [9.17, 15) is 9.59 Å². The Balaban J connectivity index is 2.87. The van der Waals surface area contributed by atoms with E-state index >= 15 is 0 Å². The predicted molar refractivity (Wildman–Crippen MR) is 47.6 cm³/mol. The van der Waals surface area contributed by atoms with Crippen LogP contribution in [0.4, 0.5) is 0 Å². The van der Waals surface area contributed by atoms with Crippen molar-refractivity contribution in [1.29, 1.82) is 0 Å². The molecule has 0 N–H and O–H groups in total. The number of ether oxygens (including phenoxy) is 1. The van der Waals surface area contributed by atoms with E-state index in [0.29, 0.717) is 24.2 Å². The highest BCUT2D eigenvalue weighted by Crippen LogP contribution is 2.18. The van der Waals surface area contributed by atoms with Crippen molar-refractivity contribution in [2.24, 2.45) is 5.92 Å². The first-order chi connectivity index (χ1) is 6.31. The van der Waals surface area contributed by atoms with Gasteiger partial charge in [-0.25, -0.2) is 4.79 Å². The summed E-state index contributed by atoms with van der Waals surface area (Å²) in [5, 5.41) is 0. The van der Waals surface area contributed by atoms with Crippen LogP contribution in [0.1, 0.15) is 6.92 Å². The van der Waals surface area contributed by atoms with Crippen LogP contribution in [0.3, 0.4) is 0 Å². The molecule has 3 nitrogen and oxygen atoms in total. The Morgan fingerprint density at radius 1 is 1.69 bits per heavy atom. The molecule has 0 saturated heterocycles. The second-order valence-corrected chi connectivity index (χ2v) is 2.56. The molecule has 0 aromatic rings. The van der Waals surface area contributed by atoms with Gasteiger partial charge in [-0.2, -0.15) is 0 Å². The zero-order valence-electron chi connectivity index (χ0n) is 7.32. The molecule has 0 aromatic heterocycles. The van der Waals surface area contributed by atoms with Gasteiger partial charge in [-0.15, -0.1) is 0 Å². The van der Waals surface area contributed by atoms with E-state index in [0.717, 1.165) is 0 Å². The average Bonchev–Trinajstić information content (AvgIpc) is 2.18. The largest absolute Gasteiger partial charge is 0.494 e. The Labute approximate surface area is 76.4 Å². The van der Waals surface area contributed by atoms with Crippen molar-refractivity contribution < 1.29 is 14.3 Å². The van der Waals surface area contributed by atoms with E-state index in [-0.39, 0.29) is 0 Å². The van der Waals surface area contributed by atoms with E-state index in [1.165, 1.54) is 6.08 Å². The lowest BCUT2D eigenvalue weighted by molar-refractivity contribution is -0.109. The molecular formula is C10H10O3. The van der Waals surface area contributed by atoms with Crippen LogP contribution >= 0.6 is 0 Å². The summed E-state index contributed by atoms with van der Waals surface area (Å²) in [7, 11) is 0. The Kier molecular flexibility index (Phi) is 3.23. The van der Waals surface area contributed by atoms with Gasteiger partial charge < -0.3 is 9.53 Å². The van der Waals surface area contributed by atoms with Crippen LogP contribution in [0.2, 0.25) is 0 Å². The van der Waals surface area contributed by atoms with Crippen molar-refractivity contribution in [3.8, 4) is 0 Å². The highest BCUT2D eigenvalue weighted by atomic mass is 16.5. The van der Waals surface area contributed by atoms with Crippen molar-refractivity contribution in [1.82, 2.24) is 0 Å². The molecule has 0 spiro atoms. The Hall–Kier alpha value is -1.60. The molecule has 1 unspecified atom stereocenters. The van der Waals surface area contributed by atoms with E-state index in [1.54, 1.807) is 18.1 Å². The van der Waals surface area contributed by atoms with Crippen molar-refractivity contribution >= 4 is 12.2 Å². The Morgan fingerprint density at radius 2 is 2.46 bits per heavy atom. The second-order valence-electron chi connectivity index (χ2n) is 2.56. The van der Waals surface area contributed by atoms with Crippen molar-refractivity contribution in [3.63, 3.8) is 0 Å². The first kappa shape index (κ1) is 9.49. The molecule has 3 heteroatoms. The van der Waals surface area contributed by atoms with E-state index in [1.807, 2.05) is 6.92 Å². The molecule has 1 rings (SSSR count). The minimum Gasteiger partial charge on any atom is -0.494 e. The first-order valence-corrected chi connectivity index (χ1v) is 4.04. The van der Waals surface area contributed by atoms with Gasteiger partial charge in [0.15, 0.2) is 0 Å². The minimum absolute atomic E-state index is 0.320. The second kappa shape index (κ2) is 4.43. The van der Waals surface area contributed by atoms with Crippen LogP contribution in [-0.2, 0) is 14.3 Å². The molecule has 0 radical (unpaired) electrons.